The zero-order chi connectivity index (χ0) is 19.5. The highest BCUT2D eigenvalue weighted by molar-refractivity contribution is 7.99. The summed E-state index contributed by atoms with van der Waals surface area (Å²) >= 11 is 1.65. The van der Waals surface area contributed by atoms with E-state index < -0.39 is 0 Å². The predicted molar refractivity (Wildman–Crippen MR) is 107 cm³/mol. The monoisotopic (exact) mass is 387 g/mol. The van der Waals surface area contributed by atoms with Gasteiger partial charge in [0.05, 0.1) is 11.6 Å². The summed E-state index contributed by atoms with van der Waals surface area (Å²) in [6.45, 7) is 2.13. The van der Waals surface area contributed by atoms with E-state index in [9.17, 15) is 5.26 Å². The molecule has 138 valence electrons. The van der Waals surface area contributed by atoms with E-state index in [0.717, 1.165) is 21.8 Å². The van der Waals surface area contributed by atoms with Crippen LogP contribution in [-0.4, -0.2) is 19.9 Å². The third kappa shape index (κ3) is 3.55. The Bertz CT molecular complexity index is 1160. The molecule has 0 aliphatic heterocycles. The molecule has 2 heterocycles. The minimum Gasteiger partial charge on any atom is -0.356 e. The first-order chi connectivity index (χ1) is 13.7. The van der Waals surface area contributed by atoms with Crippen LogP contribution in [0.3, 0.4) is 0 Å². The lowest BCUT2D eigenvalue weighted by molar-refractivity contribution is 0.435. The van der Waals surface area contributed by atoms with Gasteiger partial charge in [0.15, 0.2) is 10.9 Å². The van der Waals surface area contributed by atoms with Crippen molar-refractivity contribution >= 4 is 11.8 Å². The van der Waals surface area contributed by atoms with Gasteiger partial charge in [-0.15, -0.1) is 10.2 Å². The van der Waals surface area contributed by atoms with Gasteiger partial charge in [-0.2, -0.15) is 5.26 Å². The molecule has 0 fully saturated rings. The molecule has 0 N–H and O–H groups in total. The molecule has 0 aliphatic carbocycles. The first kappa shape index (κ1) is 18.0. The van der Waals surface area contributed by atoms with Crippen molar-refractivity contribution in [1.82, 2.24) is 19.9 Å². The molecule has 0 unspecified atom stereocenters. The molecular formula is C21H17N5OS. The summed E-state index contributed by atoms with van der Waals surface area (Å²) < 4.78 is 7.47. The van der Waals surface area contributed by atoms with E-state index in [1.165, 1.54) is 0 Å². The summed E-state index contributed by atoms with van der Waals surface area (Å²) in [6, 6.07) is 19.6. The smallest absolute Gasteiger partial charge is 0.191 e. The summed E-state index contributed by atoms with van der Waals surface area (Å²) in [5, 5.41) is 22.6. The molecule has 0 bridgehead atoms. The van der Waals surface area contributed by atoms with Crippen molar-refractivity contribution in [3.05, 3.63) is 72.1 Å². The Morgan fingerprint density at radius 3 is 2.79 bits per heavy atom. The Hall–Kier alpha value is -3.37. The lowest BCUT2D eigenvalue weighted by atomic mass is 10.0. The van der Waals surface area contributed by atoms with Gasteiger partial charge >= 0.3 is 0 Å². The van der Waals surface area contributed by atoms with E-state index in [2.05, 4.69) is 40.5 Å². The Labute approximate surface area is 166 Å². The van der Waals surface area contributed by atoms with Crippen LogP contribution in [0, 0.1) is 11.3 Å². The highest BCUT2D eigenvalue weighted by Gasteiger charge is 2.15. The van der Waals surface area contributed by atoms with Crippen LogP contribution < -0.4 is 0 Å². The topological polar surface area (TPSA) is 80.5 Å². The van der Waals surface area contributed by atoms with Gasteiger partial charge in [0.25, 0.3) is 0 Å². The van der Waals surface area contributed by atoms with E-state index in [1.54, 1.807) is 24.2 Å². The quantitative estimate of drug-likeness (QED) is 0.455. The van der Waals surface area contributed by atoms with Crippen LogP contribution in [0.2, 0.25) is 0 Å². The summed E-state index contributed by atoms with van der Waals surface area (Å²) in [4.78, 5) is 0. The second-order valence-corrected chi connectivity index (χ2v) is 7.65. The van der Waals surface area contributed by atoms with Crippen molar-refractivity contribution in [3.8, 4) is 28.7 Å². The summed E-state index contributed by atoms with van der Waals surface area (Å²) in [7, 11) is 1.93. The van der Waals surface area contributed by atoms with Crippen LogP contribution in [0.5, 0.6) is 0 Å². The lowest BCUT2D eigenvalue weighted by Crippen LogP contribution is -1.94. The van der Waals surface area contributed by atoms with Crippen LogP contribution in [0.25, 0.3) is 22.6 Å². The summed E-state index contributed by atoms with van der Waals surface area (Å²) in [5.74, 6) is 0.667. The number of nitrogens with zero attached hydrogens (tertiary/aromatic N) is 5. The Morgan fingerprint density at radius 2 is 2.00 bits per heavy atom. The highest BCUT2D eigenvalue weighted by atomic mass is 32.2. The first-order valence-corrected chi connectivity index (χ1v) is 9.61. The molecule has 28 heavy (non-hydrogen) atoms. The molecule has 1 atom stereocenters. The molecule has 4 rings (SSSR count). The van der Waals surface area contributed by atoms with Crippen molar-refractivity contribution in [2.75, 3.05) is 0 Å². The van der Waals surface area contributed by atoms with Crippen LogP contribution >= 0.6 is 11.8 Å². The SMILES string of the molecule is C[C@H](Sc1nncn1C)c1cccc(-c2cc(-c3ccccc3C#N)no2)c1. The van der Waals surface area contributed by atoms with Gasteiger partial charge < -0.3 is 9.09 Å². The zero-order valence-electron chi connectivity index (χ0n) is 15.4. The standard InChI is InChI=1S/C21H17N5OS/c1-14(28-21-24-23-13-26(21)2)15-7-5-8-16(10-15)20-11-19(25-27-20)18-9-4-3-6-17(18)12-22/h3-11,13-14H,1-2H3/t14-/m0/s1. The van der Waals surface area contributed by atoms with Crippen LogP contribution in [0.4, 0.5) is 0 Å². The molecule has 2 aromatic heterocycles. The van der Waals surface area contributed by atoms with Gasteiger partial charge in [-0.05, 0) is 24.6 Å². The van der Waals surface area contributed by atoms with Gasteiger partial charge in [0, 0.05) is 29.5 Å². The zero-order valence-corrected chi connectivity index (χ0v) is 16.2. The van der Waals surface area contributed by atoms with Crippen molar-refractivity contribution in [1.29, 1.82) is 5.26 Å². The molecule has 7 heteroatoms. The van der Waals surface area contributed by atoms with Gasteiger partial charge in [0.1, 0.15) is 12.0 Å². The van der Waals surface area contributed by atoms with E-state index >= 15 is 0 Å². The van der Waals surface area contributed by atoms with E-state index in [0.29, 0.717) is 17.0 Å². The van der Waals surface area contributed by atoms with Crippen LogP contribution in [-0.2, 0) is 7.05 Å². The molecule has 0 aliphatic rings. The van der Waals surface area contributed by atoms with Crippen LogP contribution in [0.15, 0.2) is 70.6 Å². The molecule has 0 saturated heterocycles. The molecule has 0 spiro atoms. The molecular weight excluding hydrogens is 370 g/mol. The maximum Gasteiger partial charge on any atom is 0.191 e. The highest BCUT2D eigenvalue weighted by Crippen LogP contribution is 2.35. The first-order valence-electron chi connectivity index (χ1n) is 8.73. The maximum absolute atomic E-state index is 9.30. The average molecular weight is 387 g/mol. The number of rotatable bonds is 5. The lowest BCUT2D eigenvalue weighted by Gasteiger charge is -2.11. The van der Waals surface area contributed by atoms with E-state index in [1.807, 2.05) is 48.0 Å². The fourth-order valence-corrected chi connectivity index (χ4v) is 3.80. The number of thioether (sulfide) groups is 1. The second-order valence-electron chi connectivity index (χ2n) is 6.34. The van der Waals surface area contributed by atoms with E-state index in [-0.39, 0.29) is 5.25 Å². The largest absolute Gasteiger partial charge is 0.356 e. The molecule has 2 aromatic carbocycles. The number of hydrogen-bond donors (Lipinski definition) is 0. The maximum atomic E-state index is 9.30. The number of aryl methyl sites for hydroxylation is 1. The van der Waals surface area contributed by atoms with Crippen molar-refractivity contribution in [2.45, 2.75) is 17.3 Å². The van der Waals surface area contributed by atoms with Gasteiger partial charge in [-0.25, -0.2) is 0 Å². The average Bonchev–Trinajstić information content (AvgIpc) is 3.38. The summed E-state index contributed by atoms with van der Waals surface area (Å²) in [5.41, 5.74) is 4.09. The van der Waals surface area contributed by atoms with Gasteiger partial charge in [-0.3, -0.25) is 0 Å². The van der Waals surface area contributed by atoms with Gasteiger partial charge in [0.2, 0.25) is 0 Å². The third-order valence-corrected chi connectivity index (χ3v) is 5.63. The Kier molecular flexibility index (Phi) is 4.96. The normalized spacial score (nSPS) is 11.9. The third-order valence-electron chi connectivity index (χ3n) is 4.43. The molecule has 0 radical (unpaired) electrons. The van der Waals surface area contributed by atoms with Gasteiger partial charge in [-0.1, -0.05) is 53.3 Å². The van der Waals surface area contributed by atoms with E-state index in [4.69, 9.17) is 4.52 Å². The minimum absolute atomic E-state index is 0.199. The van der Waals surface area contributed by atoms with Crippen molar-refractivity contribution < 1.29 is 4.52 Å². The fourth-order valence-electron chi connectivity index (χ4n) is 2.89. The van der Waals surface area contributed by atoms with Crippen molar-refractivity contribution in [2.24, 2.45) is 7.05 Å². The Morgan fingerprint density at radius 1 is 1.14 bits per heavy atom. The fraction of sp³-hybridized carbons (Fsp3) is 0.143. The molecule has 4 aromatic rings. The molecule has 0 amide bonds. The van der Waals surface area contributed by atoms with Crippen molar-refractivity contribution in [3.63, 3.8) is 0 Å². The second kappa shape index (κ2) is 7.71. The summed E-state index contributed by atoms with van der Waals surface area (Å²) in [6.07, 6.45) is 1.70. The predicted octanol–water partition coefficient (Wildman–Crippen LogP) is 4.86. The minimum atomic E-state index is 0.199. The number of nitriles is 1. The molecule has 6 nitrogen and oxygen atoms in total. The number of benzene rings is 2. The van der Waals surface area contributed by atoms with Crippen LogP contribution in [0.1, 0.15) is 23.3 Å². The number of aromatic nitrogens is 4. The molecule has 0 saturated carbocycles. The Balaban J connectivity index is 1.61. The number of hydrogen-bond acceptors (Lipinski definition) is 6.